The number of benzene rings is 1. The molecule has 0 bridgehead atoms. The summed E-state index contributed by atoms with van der Waals surface area (Å²) in [6, 6.07) is 9.19. The smallest absolute Gasteiger partial charge is 0.292 e. The summed E-state index contributed by atoms with van der Waals surface area (Å²) in [5.74, 6) is 0.529. The molecule has 1 aromatic carbocycles. The van der Waals surface area contributed by atoms with Gasteiger partial charge in [-0.3, -0.25) is 9.59 Å². The summed E-state index contributed by atoms with van der Waals surface area (Å²) in [5, 5.41) is 5.46. The number of hydrogen-bond donors (Lipinski definition) is 0. The highest BCUT2D eigenvalue weighted by Crippen LogP contribution is 2.26. The van der Waals surface area contributed by atoms with Gasteiger partial charge >= 0.3 is 0 Å². The van der Waals surface area contributed by atoms with Gasteiger partial charge in [0, 0.05) is 32.6 Å². The minimum atomic E-state index is -0.355. The molecule has 3 heterocycles. The Labute approximate surface area is 196 Å². The average Bonchev–Trinajstić information content (AvgIpc) is 3.15. The lowest BCUT2D eigenvalue weighted by Gasteiger charge is -2.36. The number of para-hydroxylation sites is 1. The summed E-state index contributed by atoms with van der Waals surface area (Å²) in [7, 11) is 0. The molecule has 2 aromatic heterocycles. The number of carbonyl (C=O) groups is 1. The Morgan fingerprint density at radius 2 is 1.84 bits per heavy atom. The lowest BCUT2D eigenvalue weighted by Crippen LogP contribution is -2.49. The van der Waals surface area contributed by atoms with Crippen LogP contribution in [0, 0.1) is 12.8 Å². The van der Waals surface area contributed by atoms with Crippen molar-refractivity contribution in [2.75, 3.05) is 31.1 Å². The van der Waals surface area contributed by atoms with Crippen LogP contribution in [0.5, 0.6) is 0 Å². The lowest BCUT2D eigenvalue weighted by atomic mass is 10.1. The Balaban J connectivity index is 1.46. The van der Waals surface area contributed by atoms with Crippen molar-refractivity contribution in [1.29, 1.82) is 0 Å². The Morgan fingerprint density at radius 1 is 1.16 bits per heavy atom. The largest absolute Gasteiger partial charge is 0.365 e. The van der Waals surface area contributed by atoms with E-state index in [2.05, 4.69) is 23.9 Å². The van der Waals surface area contributed by atoms with Gasteiger partial charge in [0.15, 0.2) is 0 Å². The van der Waals surface area contributed by atoms with Crippen molar-refractivity contribution in [1.82, 2.24) is 19.7 Å². The fourth-order valence-electron chi connectivity index (χ4n) is 3.78. The summed E-state index contributed by atoms with van der Waals surface area (Å²) < 4.78 is 1.30. The van der Waals surface area contributed by atoms with Crippen molar-refractivity contribution in [3.05, 3.63) is 67.5 Å². The molecule has 0 unspecified atom stereocenters. The minimum absolute atomic E-state index is 0.0263. The van der Waals surface area contributed by atoms with E-state index in [9.17, 15) is 9.59 Å². The van der Waals surface area contributed by atoms with E-state index in [1.165, 1.54) is 16.0 Å². The Hall–Kier alpha value is -2.71. The van der Waals surface area contributed by atoms with Crippen LogP contribution in [0.3, 0.4) is 0 Å². The van der Waals surface area contributed by atoms with E-state index in [-0.39, 0.29) is 16.5 Å². The van der Waals surface area contributed by atoms with Gasteiger partial charge in [-0.2, -0.15) is 9.78 Å². The summed E-state index contributed by atoms with van der Waals surface area (Å²) in [6.07, 6.45) is 2.51. The van der Waals surface area contributed by atoms with Crippen LogP contribution in [0.1, 0.15) is 34.2 Å². The molecule has 3 aromatic rings. The van der Waals surface area contributed by atoms with Crippen molar-refractivity contribution in [3.8, 4) is 5.69 Å². The van der Waals surface area contributed by atoms with Crippen LogP contribution < -0.4 is 10.5 Å². The van der Waals surface area contributed by atoms with Crippen molar-refractivity contribution >= 4 is 34.5 Å². The van der Waals surface area contributed by atoms with E-state index in [0.29, 0.717) is 43.5 Å². The fraction of sp³-hybridized carbons (Fsp3) is 0.391. The average molecular weight is 472 g/mol. The van der Waals surface area contributed by atoms with Crippen molar-refractivity contribution < 1.29 is 4.79 Å². The van der Waals surface area contributed by atoms with E-state index in [1.807, 2.05) is 47.1 Å². The van der Waals surface area contributed by atoms with E-state index < -0.39 is 0 Å². The molecule has 0 N–H and O–H groups in total. The third kappa shape index (κ3) is 4.56. The van der Waals surface area contributed by atoms with Crippen LogP contribution in [-0.2, 0) is 6.42 Å². The van der Waals surface area contributed by atoms with Crippen LogP contribution in [0.4, 0.5) is 5.69 Å². The number of halogens is 1. The second-order valence-corrected chi connectivity index (χ2v) is 9.76. The molecule has 0 spiro atoms. The van der Waals surface area contributed by atoms with Gasteiger partial charge in [0.25, 0.3) is 11.5 Å². The predicted octanol–water partition coefficient (Wildman–Crippen LogP) is 3.81. The number of carbonyl (C=O) groups excluding carboxylic acids is 1. The van der Waals surface area contributed by atoms with E-state index >= 15 is 0 Å². The molecule has 168 valence electrons. The van der Waals surface area contributed by atoms with Gasteiger partial charge in [0.1, 0.15) is 9.90 Å². The summed E-state index contributed by atoms with van der Waals surface area (Å²) in [6.45, 7) is 8.46. The molecule has 1 aliphatic heterocycles. The molecule has 0 aliphatic carbocycles. The number of thiazole rings is 1. The van der Waals surface area contributed by atoms with Gasteiger partial charge < -0.3 is 9.80 Å². The van der Waals surface area contributed by atoms with Gasteiger partial charge in [-0.05, 0) is 25.0 Å². The van der Waals surface area contributed by atoms with Gasteiger partial charge in [0.2, 0.25) is 0 Å². The Bertz CT molecular complexity index is 1170. The second kappa shape index (κ2) is 9.42. The topological polar surface area (TPSA) is 71.3 Å². The normalized spacial score (nSPS) is 14.3. The first-order chi connectivity index (χ1) is 15.3. The van der Waals surface area contributed by atoms with Crippen LogP contribution >= 0.6 is 22.9 Å². The molecule has 1 aliphatic rings. The second-order valence-electron chi connectivity index (χ2n) is 8.30. The summed E-state index contributed by atoms with van der Waals surface area (Å²) in [4.78, 5) is 35.0. The molecular weight excluding hydrogens is 446 g/mol. The first-order valence-electron chi connectivity index (χ1n) is 10.7. The van der Waals surface area contributed by atoms with Crippen LogP contribution in [0.2, 0.25) is 5.02 Å². The van der Waals surface area contributed by atoms with E-state index in [1.54, 1.807) is 6.20 Å². The third-order valence-electron chi connectivity index (χ3n) is 5.43. The maximum Gasteiger partial charge on any atom is 0.292 e. The molecule has 7 nitrogen and oxygen atoms in total. The van der Waals surface area contributed by atoms with Crippen molar-refractivity contribution in [2.45, 2.75) is 27.2 Å². The first-order valence-corrected chi connectivity index (χ1v) is 11.9. The summed E-state index contributed by atoms with van der Waals surface area (Å²) in [5.41, 5.74) is 1.71. The van der Waals surface area contributed by atoms with E-state index in [4.69, 9.17) is 11.6 Å². The molecule has 0 atom stereocenters. The Kier molecular flexibility index (Phi) is 6.62. The highest BCUT2D eigenvalue weighted by atomic mass is 35.5. The molecule has 1 fully saturated rings. The van der Waals surface area contributed by atoms with Crippen LogP contribution in [0.15, 0.2) is 41.3 Å². The van der Waals surface area contributed by atoms with Crippen LogP contribution in [-0.4, -0.2) is 51.8 Å². The standard InChI is InChI=1S/C23H26ClN5O2S/c1-15(2)13-19-26-16(3)21(32-19)23(31)28-11-9-27(10-12-28)18-14-25-29(22(30)20(18)24)17-7-5-4-6-8-17/h4-8,14-15H,9-13H2,1-3H3. The number of hydrogen-bond acceptors (Lipinski definition) is 6. The number of aryl methyl sites for hydroxylation is 1. The van der Waals surface area contributed by atoms with Crippen molar-refractivity contribution in [3.63, 3.8) is 0 Å². The molecule has 1 saturated heterocycles. The zero-order chi connectivity index (χ0) is 22.8. The maximum atomic E-state index is 13.1. The maximum absolute atomic E-state index is 13.1. The SMILES string of the molecule is Cc1nc(CC(C)C)sc1C(=O)N1CCN(c2cnn(-c3ccccc3)c(=O)c2Cl)CC1. The highest BCUT2D eigenvalue weighted by Gasteiger charge is 2.27. The minimum Gasteiger partial charge on any atom is -0.365 e. The predicted molar refractivity (Wildman–Crippen MR) is 128 cm³/mol. The molecular formula is C23H26ClN5O2S. The van der Waals surface area contributed by atoms with Crippen LogP contribution in [0.25, 0.3) is 5.69 Å². The number of amides is 1. The van der Waals surface area contributed by atoms with Gasteiger partial charge in [-0.25, -0.2) is 4.98 Å². The molecule has 32 heavy (non-hydrogen) atoms. The van der Waals surface area contributed by atoms with Gasteiger partial charge in [-0.15, -0.1) is 11.3 Å². The highest BCUT2D eigenvalue weighted by molar-refractivity contribution is 7.13. The monoisotopic (exact) mass is 471 g/mol. The molecule has 1 amide bonds. The lowest BCUT2D eigenvalue weighted by molar-refractivity contribution is 0.0750. The number of piperazine rings is 1. The molecule has 0 radical (unpaired) electrons. The van der Waals surface area contributed by atoms with Gasteiger partial charge in [-0.1, -0.05) is 43.6 Å². The fourth-order valence-corrected chi connectivity index (χ4v) is 5.27. The first kappa shape index (κ1) is 22.5. The number of aromatic nitrogens is 3. The zero-order valence-electron chi connectivity index (χ0n) is 18.4. The quantitative estimate of drug-likeness (QED) is 0.565. The number of anilines is 1. The Morgan fingerprint density at radius 3 is 2.50 bits per heavy atom. The number of nitrogens with zero attached hydrogens (tertiary/aromatic N) is 5. The summed E-state index contributed by atoms with van der Waals surface area (Å²) >= 11 is 7.94. The zero-order valence-corrected chi connectivity index (χ0v) is 20.0. The third-order valence-corrected chi connectivity index (χ3v) is 6.95. The van der Waals surface area contributed by atoms with E-state index in [0.717, 1.165) is 22.0 Å². The van der Waals surface area contributed by atoms with Crippen molar-refractivity contribution in [2.24, 2.45) is 5.92 Å². The molecule has 4 rings (SSSR count). The molecule has 0 saturated carbocycles. The molecule has 9 heteroatoms. The van der Waals surface area contributed by atoms with Gasteiger partial charge in [0.05, 0.1) is 28.3 Å². The number of rotatable bonds is 5.